The van der Waals surface area contributed by atoms with Crippen LogP contribution in [0.3, 0.4) is 0 Å². The summed E-state index contributed by atoms with van der Waals surface area (Å²) in [4.78, 5) is 0. The molecule has 0 heteroatoms. The van der Waals surface area contributed by atoms with Crippen molar-refractivity contribution in [1.82, 2.24) is 0 Å². The monoisotopic (exact) mass is 292 g/mol. The lowest BCUT2D eigenvalue weighted by Crippen LogP contribution is -1.96. The van der Waals surface area contributed by atoms with Gasteiger partial charge < -0.3 is 0 Å². The van der Waals surface area contributed by atoms with E-state index in [1.165, 1.54) is 60.8 Å². The van der Waals surface area contributed by atoms with Crippen molar-refractivity contribution < 1.29 is 0 Å². The van der Waals surface area contributed by atoms with E-state index >= 15 is 0 Å². The first-order valence-electron chi connectivity index (χ1n) is 8.93. The lowest BCUT2D eigenvalue weighted by molar-refractivity contribution is 0.715. The molecule has 0 bridgehead atoms. The minimum Gasteiger partial charge on any atom is -0.0654 e. The molecule has 0 N–H and O–H groups in total. The SMILES string of the molecule is CCCCCc1cccc(-c2cccc3c2CCC3C)c1C. The van der Waals surface area contributed by atoms with Gasteiger partial charge in [0.1, 0.15) is 0 Å². The van der Waals surface area contributed by atoms with Crippen LogP contribution in [0, 0.1) is 6.92 Å². The van der Waals surface area contributed by atoms with Gasteiger partial charge in [-0.3, -0.25) is 0 Å². The average Bonchev–Trinajstić information content (AvgIpc) is 2.91. The van der Waals surface area contributed by atoms with Gasteiger partial charge in [-0.05, 0) is 71.9 Å². The van der Waals surface area contributed by atoms with Crippen LogP contribution in [0.15, 0.2) is 36.4 Å². The summed E-state index contributed by atoms with van der Waals surface area (Å²) in [6.45, 7) is 6.95. The Hall–Kier alpha value is -1.56. The maximum atomic E-state index is 2.36. The predicted octanol–water partition coefficient (Wildman–Crippen LogP) is 6.44. The third-order valence-electron chi connectivity index (χ3n) is 5.36. The van der Waals surface area contributed by atoms with Gasteiger partial charge in [0.2, 0.25) is 0 Å². The number of hydrogen-bond donors (Lipinski definition) is 0. The maximum Gasteiger partial charge on any atom is -0.0146 e. The fraction of sp³-hybridized carbons (Fsp3) is 0.455. The van der Waals surface area contributed by atoms with Crippen LogP contribution >= 0.6 is 0 Å². The quantitative estimate of drug-likeness (QED) is 0.556. The van der Waals surface area contributed by atoms with E-state index in [0.717, 1.165) is 5.92 Å². The number of fused-ring (bicyclic) bond motifs is 1. The molecule has 1 aliphatic rings. The van der Waals surface area contributed by atoms with Gasteiger partial charge in [0.15, 0.2) is 0 Å². The van der Waals surface area contributed by atoms with Gasteiger partial charge in [0.05, 0.1) is 0 Å². The van der Waals surface area contributed by atoms with Crippen molar-refractivity contribution >= 4 is 0 Å². The highest BCUT2D eigenvalue weighted by molar-refractivity contribution is 5.73. The Labute approximate surface area is 135 Å². The summed E-state index contributed by atoms with van der Waals surface area (Å²) in [6, 6.07) is 13.8. The second kappa shape index (κ2) is 6.69. The summed E-state index contributed by atoms with van der Waals surface area (Å²) in [6.07, 6.45) is 7.71. The van der Waals surface area contributed by atoms with Crippen LogP contribution < -0.4 is 0 Å². The molecular weight excluding hydrogens is 264 g/mol. The van der Waals surface area contributed by atoms with E-state index in [1.54, 1.807) is 11.1 Å². The zero-order valence-electron chi connectivity index (χ0n) is 14.3. The maximum absolute atomic E-state index is 2.36. The first-order valence-corrected chi connectivity index (χ1v) is 8.93. The number of hydrogen-bond acceptors (Lipinski definition) is 0. The van der Waals surface area contributed by atoms with Gasteiger partial charge in [-0.2, -0.15) is 0 Å². The second-order valence-electron chi connectivity index (χ2n) is 6.86. The van der Waals surface area contributed by atoms with Crippen LogP contribution in [0.2, 0.25) is 0 Å². The number of aryl methyl sites for hydroxylation is 1. The molecule has 1 unspecified atom stereocenters. The highest BCUT2D eigenvalue weighted by atomic mass is 14.3. The van der Waals surface area contributed by atoms with E-state index in [1.807, 2.05) is 0 Å². The van der Waals surface area contributed by atoms with Crippen LogP contribution in [-0.4, -0.2) is 0 Å². The molecule has 0 heterocycles. The van der Waals surface area contributed by atoms with E-state index in [2.05, 4.69) is 57.2 Å². The summed E-state index contributed by atoms with van der Waals surface area (Å²) in [5.41, 5.74) is 9.15. The van der Waals surface area contributed by atoms with E-state index in [9.17, 15) is 0 Å². The molecule has 1 aliphatic carbocycles. The summed E-state index contributed by atoms with van der Waals surface area (Å²) >= 11 is 0. The molecule has 116 valence electrons. The second-order valence-corrected chi connectivity index (χ2v) is 6.86. The normalized spacial score (nSPS) is 16.8. The molecule has 0 saturated heterocycles. The van der Waals surface area contributed by atoms with Gasteiger partial charge in [-0.25, -0.2) is 0 Å². The van der Waals surface area contributed by atoms with E-state index < -0.39 is 0 Å². The molecule has 0 aromatic heterocycles. The third-order valence-corrected chi connectivity index (χ3v) is 5.36. The highest BCUT2D eigenvalue weighted by Crippen LogP contribution is 2.39. The molecule has 0 saturated carbocycles. The van der Waals surface area contributed by atoms with E-state index in [0.29, 0.717) is 0 Å². The van der Waals surface area contributed by atoms with Crippen molar-refractivity contribution in [2.75, 3.05) is 0 Å². The largest absolute Gasteiger partial charge is 0.0654 e. The lowest BCUT2D eigenvalue weighted by Gasteiger charge is -2.15. The van der Waals surface area contributed by atoms with Crippen LogP contribution in [0.5, 0.6) is 0 Å². The molecule has 0 fully saturated rings. The Morgan fingerprint density at radius 3 is 2.59 bits per heavy atom. The zero-order chi connectivity index (χ0) is 15.5. The van der Waals surface area contributed by atoms with Crippen LogP contribution in [-0.2, 0) is 12.8 Å². The van der Waals surface area contributed by atoms with Crippen molar-refractivity contribution in [2.24, 2.45) is 0 Å². The van der Waals surface area contributed by atoms with Crippen LogP contribution in [0.4, 0.5) is 0 Å². The molecule has 2 aromatic carbocycles. The molecule has 2 aromatic rings. The predicted molar refractivity (Wildman–Crippen MR) is 96.6 cm³/mol. The van der Waals surface area contributed by atoms with Crippen molar-refractivity contribution in [3.8, 4) is 11.1 Å². The van der Waals surface area contributed by atoms with Crippen LogP contribution in [0.25, 0.3) is 11.1 Å². The van der Waals surface area contributed by atoms with Gasteiger partial charge in [-0.15, -0.1) is 0 Å². The number of unbranched alkanes of at least 4 members (excludes halogenated alkanes) is 2. The fourth-order valence-corrected chi connectivity index (χ4v) is 3.93. The standard InChI is InChI=1S/C22H28/c1-4-5-6-9-18-10-7-12-20(17(18)3)21-13-8-11-19-16(2)14-15-22(19)21/h7-8,10-13,16H,4-6,9,14-15H2,1-3H3. The molecule has 0 radical (unpaired) electrons. The smallest absolute Gasteiger partial charge is 0.0146 e. The van der Waals surface area contributed by atoms with Gasteiger partial charge >= 0.3 is 0 Å². The highest BCUT2D eigenvalue weighted by Gasteiger charge is 2.22. The molecule has 0 spiro atoms. The molecule has 1 atom stereocenters. The Kier molecular flexibility index (Phi) is 4.66. The number of rotatable bonds is 5. The molecule has 0 nitrogen and oxygen atoms in total. The summed E-state index contributed by atoms with van der Waals surface area (Å²) in [5.74, 6) is 0.725. The third kappa shape index (κ3) is 2.84. The Bertz CT molecular complexity index is 651. The molecule has 3 rings (SSSR count). The minimum absolute atomic E-state index is 0.725. The average molecular weight is 292 g/mol. The van der Waals surface area contributed by atoms with Gasteiger partial charge in [-0.1, -0.05) is 63.1 Å². The fourth-order valence-electron chi connectivity index (χ4n) is 3.93. The molecule has 0 aliphatic heterocycles. The Balaban J connectivity index is 1.98. The molecular formula is C22H28. The number of benzene rings is 2. The molecule has 22 heavy (non-hydrogen) atoms. The van der Waals surface area contributed by atoms with E-state index in [4.69, 9.17) is 0 Å². The Morgan fingerprint density at radius 2 is 1.77 bits per heavy atom. The topological polar surface area (TPSA) is 0 Å². The van der Waals surface area contributed by atoms with Crippen molar-refractivity contribution in [3.05, 3.63) is 58.7 Å². The van der Waals surface area contributed by atoms with Crippen molar-refractivity contribution in [2.45, 2.75) is 65.2 Å². The van der Waals surface area contributed by atoms with E-state index in [-0.39, 0.29) is 0 Å². The lowest BCUT2D eigenvalue weighted by atomic mass is 9.90. The molecule has 0 amide bonds. The Morgan fingerprint density at radius 1 is 1.00 bits per heavy atom. The van der Waals surface area contributed by atoms with Gasteiger partial charge in [0.25, 0.3) is 0 Å². The summed E-state index contributed by atoms with van der Waals surface area (Å²) in [7, 11) is 0. The summed E-state index contributed by atoms with van der Waals surface area (Å²) in [5, 5.41) is 0. The summed E-state index contributed by atoms with van der Waals surface area (Å²) < 4.78 is 0. The van der Waals surface area contributed by atoms with Crippen molar-refractivity contribution in [1.29, 1.82) is 0 Å². The van der Waals surface area contributed by atoms with Crippen molar-refractivity contribution in [3.63, 3.8) is 0 Å². The first-order chi connectivity index (χ1) is 10.7. The van der Waals surface area contributed by atoms with Crippen LogP contribution in [0.1, 0.15) is 67.7 Å². The van der Waals surface area contributed by atoms with Gasteiger partial charge in [0, 0.05) is 0 Å². The minimum atomic E-state index is 0.725. The zero-order valence-corrected chi connectivity index (χ0v) is 14.3. The first kappa shape index (κ1) is 15.3.